The lowest BCUT2D eigenvalue weighted by molar-refractivity contribution is -0.121. The number of carbonyl (C=O) groups is 2. The molecule has 2 N–H and O–H groups in total. The molecule has 0 aromatic heterocycles. The summed E-state index contributed by atoms with van der Waals surface area (Å²) in [5.74, 6) is -0.755. The van der Waals surface area contributed by atoms with Crippen LogP contribution in [0.1, 0.15) is 46.3 Å². The Bertz CT molecular complexity index is 724. The van der Waals surface area contributed by atoms with Gasteiger partial charge in [-0.25, -0.2) is 4.79 Å². The Hall–Kier alpha value is -2.62. The van der Waals surface area contributed by atoms with Crippen molar-refractivity contribution >= 4 is 11.9 Å². The second-order valence-electron chi connectivity index (χ2n) is 6.07. The van der Waals surface area contributed by atoms with Gasteiger partial charge < -0.3 is 10.4 Å². The maximum absolute atomic E-state index is 12.1. The van der Waals surface area contributed by atoms with Crippen molar-refractivity contribution in [2.45, 2.75) is 32.6 Å². The summed E-state index contributed by atoms with van der Waals surface area (Å²) in [5, 5.41) is 11.9. The number of carboxylic acid groups (broad SMARTS) is 1. The van der Waals surface area contributed by atoms with Crippen LogP contribution in [0.5, 0.6) is 0 Å². The number of carbonyl (C=O) groups excluding carboxylic acids is 1. The SMILES string of the molecule is Cc1ccccc1C(C)CC(=O)NCCc1cccc(C(=O)O)c1. The van der Waals surface area contributed by atoms with Crippen molar-refractivity contribution in [1.82, 2.24) is 5.32 Å². The summed E-state index contributed by atoms with van der Waals surface area (Å²) < 4.78 is 0. The first-order valence-electron chi connectivity index (χ1n) is 8.12. The lowest BCUT2D eigenvalue weighted by Crippen LogP contribution is -2.26. The Kier molecular flexibility index (Phi) is 6.13. The molecule has 2 aromatic carbocycles. The van der Waals surface area contributed by atoms with E-state index in [1.54, 1.807) is 18.2 Å². The van der Waals surface area contributed by atoms with Gasteiger partial charge in [-0.15, -0.1) is 0 Å². The quantitative estimate of drug-likeness (QED) is 0.818. The Labute approximate surface area is 142 Å². The van der Waals surface area contributed by atoms with E-state index in [0.717, 1.165) is 5.56 Å². The van der Waals surface area contributed by atoms with Gasteiger partial charge in [0.1, 0.15) is 0 Å². The molecule has 0 aliphatic rings. The summed E-state index contributed by atoms with van der Waals surface area (Å²) in [6, 6.07) is 14.9. The monoisotopic (exact) mass is 325 g/mol. The topological polar surface area (TPSA) is 66.4 Å². The van der Waals surface area contributed by atoms with E-state index in [-0.39, 0.29) is 17.4 Å². The van der Waals surface area contributed by atoms with Gasteiger partial charge in [0.05, 0.1) is 5.56 Å². The molecule has 126 valence electrons. The summed E-state index contributed by atoms with van der Waals surface area (Å²) in [4.78, 5) is 23.0. The van der Waals surface area contributed by atoms with Crippen LogP contribution in [0.25, 0.3) is 0 Å². The van der Waals surface area contributed by atoms with Crippen LogP contribution >= 0.6 is 0 Å². The van der Waals surface area contributed by atoms with Crippen molar-refractivity contribution in [3.8, 4) is 0 Å². The van der Waals surface area contributed by atoms with E-state index < -0.39 is 5.97 Å². The molecule has 0 saturated heterocycles. The summed E-state index contributed by atoms with van der Waals surface area (Å²) >= 11 is 0. The Morgan fingerprint density at radius 2 is 1.88 bits per heavy atom. The van der Waals surface area contributed by atoms with Gasteiger partial charge in [0.25, 0.3) is 0 Å². The number of rotatable bonds is 7. The Morgan fingerprint density at radius 1 is 1.12 bits per heavy atom. The molecule has 0 heterocycles. The van der Waals surface area contributed by atoms with E-state index in [4.69, 9.17) is 5.11 Å². The molecule has 1 amide bonds. The molecular formula is C20H23NO3. The summed E-state index contributed by atoms with van der Waals surface area (Å²) in [6.07, 6.45) is 1.06. The van der Waals surface area contributed by atoms with Crippen molar-refractivity contribution in [3.05, 3.63) is 70.8 Å². The zero-order valence-corrected chi connectivity index (χ0v) is 14.1. The molecule has 0 bridgehead atoms. The van der Waals surface area contributed by atoms with E-state index >= 15 is 0 Å². The second kappa shape index (κ2) is 8.29. The third-order valence-electron chi connectivity index (χ3n) is 4.12. The van der Waals surface area contributed by atoms with E-state index in [9.17, 15) is 9.59 Å². The molecule has 0 spiro atoms. The molecule has 4 nitrogen and oxygen atoms in total. The highest BCUT2D eigenvalue weighted by molar-refractivity contribution is 5.87. The molecule has 24 heavy (non-hydrogen) atoms. The minimum atomic E-state index is -0.937. The number of nitrogens with one attached hydrogen (secondary N) is 1. The fraction of sp³-hybridized carbons (Fsp3) is 0.300. The molecule has 0 aliphatic heterocycles. The zero-order chi connectivity index (χ0) is 17.5. The number of hydrogen-bond acceptors (Lipinski definition) is 2. The predicted molar refractivity (Wildman–Crippen MR) is 94.3 cm³/mol. The van der Waals surface area contributed by atoms with Crippen molar-refractivity contribution in [2.24, 2.45) is 0 Å². The number of hydrogen-bond donors (Lipinski definition) is 2. The van der Waals surface area contributed by atoms with E-state index in [2.05, 4.69) is 31.3 Å². The molecule has 0 fully saturated rings. The minimum Gasteiger partial charge on any atom is -0.478 e. The van der Waals surface area contributed by atoms with Crippen LogP contribution in [0.2, 0.25) is 0 Å². The van der Waals surface area contributed by atoms with Gasteiger partial charge in [-0.05, 0) is 48.1 Å². The average molecular weight is 325 g/mol. The van der Waals surface area contributed by atoms with Gasteiger partial charge in [-0.3, -0.25) is 4.79 Å². The molecule has 0 radical (unpaired) electrons. The Balaban J connectivity index is 1.82. The van der Waals surface area contributed by atoms with Crippen LogP contribution < -0.4 is 5.32 Å². The smallest absolute Gasteiger partial charge is 0.335 e. The fourth-order valence-corrected chi connectivity index (χ4v) is 2.81. The summed E-state index contributed by atoms with van der Waals surface area (Å²) in [6.45, 7) is 4.61. The summed E-state index contributed by atoms with van der Waals surface area (Å²) in [5.41, 5.74) is 3.57. The van der Waals surface area contributed by atoms with Crippen LogP contribution in [-0.2, 0) is 11.2 Å². The number of aryl methyl sites for hydroxylation is 1. The highest BCUT2D eigenvalue weighted by atomic mass is 16.4. The van der Waals surface area contributed by atoms with Gasteiger partial charge in [-0.2, -0.15) is 0 Å². The molecule has 2 aromatic rings. The van der Waals surface area contributed by atoms with Gasteiger partial charge in [0.15, 0.2) is 0 Å². The van der Waals surface area contributed by atoms with E-state index in [0.29, 0.717) is 19.4 Å². The zero-order valence-electron chi connectivity index (χ0n) is 14.1. The number of amides is 1. The third-order valence-corrected chi connectivity index (χ3v) is 4.12. The van der Waals surface area contributed by atoms with Crippen LogP contribution in [0.15, 0.2) is 48.5 Å². The first-order valence-corrected chi connectivity index (χ1v) is 8.12. The largest absolute Gasteiger partial charge is 0.478 e. The van der Waals surface area contributed by atoms with Crippen molar-refractivity contribution in [3.63, 3.8) is 0 Å². The number of aromatic carboxylic acids is 1. The number of carboxylic acids is 1. The highest BCUT2D eigenvalue weighted by Gasteiger charge is 2.12. The van der Waals surface area contributed by atoms with Crippen molar-refractivity contribution in [2.75, 3.05) is 6.54 Å². The second-order valence-corrected chi connectivity index (χ2v) is 6.07. The van der Waals surface area contributed by atoms with Crippen LogP contribution in [0, 0.1) is 6.92 Å². The molecule has 0 saturated carbocycles. The predicted octanol–water partition coefficient (Wildman–Crippen LogP) is 3.55. The molecular weight excluding hydrogens is 302 g/mol. The van der Waals surface area contributed by atoms with Gasteiger partial charge in [0.2, 0.25) is 5.91 Å². The molecule has 1 atom stereocenters. The maximum atomic E-state index is 12.1. The van der Waals surface area contributed by atoms with Crippen LogP contribution in [0.3, 0.4) is 0 Å². The van der Waals surface area contributed by atoms with Crippen LogP contribution in [-0.4, -0.2) is 23.5 Å². The van der Waals surface area contributed by atoms with Gasteiger partial charge in [-0.1, -0.05) is 43.3 Å². The first-order chi connectivity index (χ1) is 11.5. The lowest BCUT2D eigenvalue weighted by Gasteiger charge is -2.14. The normalized spacial score (nSPS) is 11.8. The lowest BCUT2D eigenvalue weighted by atomic mass is 9.93. The van der Waals surface area contributed by atoms with Crippen LogP contribution in [0.4, 0.5) is 0 Å². The number of benzene rings is 2. The van der Waals surface area contributed by atoms with Crippen molar-refractivity contribution < 1.29 is 14.7 Å². The third kappa shape index (κ3) is 4.95. The average Bonchev–Trinajstić information content (AvgIpc) is 2.55. The molecule has 0 aliphatic carbocycles. The summed E-state index contributed by atoms with van der Waals surface area (Å²) in [7, 11) is 0. The first kappa shape index (κ1) is 17.7. The van der Waals surface area contributed by atoms with E-state index in [1.165, 1.54) is 11.1 Å². The standard InChI is InChI=1S/C20H23NO3/c1-14-6-3-4-9-18(14)15(2)12-19(22)21-11-10-16-7-5-8-17(13-16)20(23)24/h3-9,13,15H,10-12H2,1-2H3,(H,21,22)(H,23,24). The fourth-order valence-electron chi connectivity index (χ4n) is 2.81. The van der Waals surface area contributed by atoms with Crippen molar-refractivity contribution in [1.29, 1.82) is 0 Å². The highest BCUT2D eigenvalue weighted by Crippen LogP contribution is 2.22. The molecule has 4 heteroatoms. The van der Waals surface area contributed by atoms with E-state index in [1.807, 2.05) is 18.2 Å². The molecule has 2 rings (SSSR count). The maximum Gasteiger partial charge on any atom is 0.335 e. The Morgan fingerprint density at radius 3 is 2.58 bits per heavy atom. The van der Waals surface area contributed by atoms with Gasteiger partial charge >= 0.3 is 5.97 Å². The minimum absolute atomic E-state index is 0.0140. The van der Waals surface area contributed by atoms with Gasteiger partial charge in [0, 0.05) is 13.0 Å². The molecule has 1 unspecified atom stereocenters.